The summed E-state index contributed by atoms with van der Waals surface area (Å²) in [5.74, 6) is 0.254. The number of rotatable bonds is 4. The molecule has 36 heavy (non-hydrogen) atoms. The van der Waals surface area contributed by atoms with E-state index in [2.05, 4.69) is 52.8 Å². The van der Waals surface area contributed by atoms with Crippen LogP contribution in [0.4, 0.5) is 5.69 Å². The Hall–Kier alpha value is -4.27. The third-order valence-corrected chi connectivity index (χ3v) is 6.60. The van der Waals surface area contributed by atoms with E-state index in [-0.39, 0.29) is 5.78 Å². The van der Waals surface area contributed by atoms with E-state index in [0.29, 0.717) is 18.6 Å². The Labute approximate surface area is 210 Å². The van der Waals surface area contributed by atoms with Gasteiger partial charge >= 0.3 is 0 Å². The number of hydrogen-bond donors (Lipinski definition) is 1. The van der Waals surface area contributed by atoms with Crippen molar-refractivity contribution in [3.05, 3.63) is 101 Å². The lowest BCUT2D eigenvalue weighted by Crippen LogP contribution is -2.14. The van der Waals surface area contributed by atoms with Gasteiger partial charge in [0.2, 0.25) is 0 Å². The summed E-state index contributed by atoms with van der Waals surface area (Å²) in [6.07, 6.45) is 8.62. The molecule has 0 amide bonds. The standard InChI is InChI=1S/C21H21NO2.C10H6N2/c1-24-11-10-22-16-7-9-18-15(12-16)6-8-19-17-5-3-2-4-14(17)13-20(23)21(18)19;11-6-8-5-9-3-1-2-4-10(9)12-7-8/h3,5-9,12,22H,2,4,10-11,13H2,1H3;1-5,7H. The predicted octanol–water partition coefficient (Wildman–Crippen LogP) is 6.69. The lowest BCUT2D eigenvalue weighted by Gasteiger charge is -2.24. The fraction of sp³-hybridized carbons (Fsp3) is 0.194. The highest BCUT2D eigenvalue weighted by Crippen LogP contribution is 2.40. The minimum Gasteiger partial charge on any atom is -0.383 e. The molecular formula is C31H27N3O2. The summed E-state index contributed by atoms with van der Waals surface area (Å²) in [4.78, 5) is 16.9. The summed E-state index contributed by atoms with van der Waals surface area (Å²) < 4.78 is 5.07. The van der Waals surface area contributed by atoms with Crippen LogP contribution < -0.4 is 5.32 Å². The minimum absolute atomic E-state index is 0.254. The molecule has 1 N–H and O–H groups in total. The second kappa shape index (κ2) is 10.6. The van der Waals surface area contributed by atoms with Crippen molar-refractivity contribution in [3.8, 4) is 6.07 Å². The van der Waals surface area contributed by atoms with Gasteiger partial charge in [0.25, 0.3) is 0 Å². The van der Waals surface area contributed by atoms with Crippen molar-refractivity contribution in [2.45, 2.75) is 19.3 Å². The number of para-hydroxylation sites is 1. The first-order valence-electron chi connectivity index (χ1n) is 12.1. The molecule has 6 rings (SSSR count). The first-order chi connectivity index (χ1) is 17.7. The molecule has 2 aliphatic rings. The number of nitrogens with one attached hydrogen (secondary N) is 1. The third kappa shape index (κ3) is 4.77. The average molecular weight is 474 g/mol. The third-order valence-electron chi connectivity index (χ3n) is 6.60. The first kappa shape index (κ1) is 23.5. The van der Waals surface area contributed by atoms with Crippen LogP contribution in [0.25, 0.3) is 27.2 Å². The van der Waals surface area contributed by atoms with Crippen molar-refractivity contribution >= 4 is 38.7 Å². The van der Waals surface area contributed by atoms with Gasteiger partial charge < -0.3 is 10.1 Å². The number of hydrogen-bond acceptors (Lipinski definition) is 5. The normalized spacial score (nSPS) is 14.1. The average Bonchev–Trinajstić information content (AvgIpc) is 2.93. The van der Waals surface area contributed by atoms with Gasteiger partial charge in [-0.05, 0) is 59.0 Å². The maximum absolute atomic E-state index is 12.8. The van der Waals surface area contributed by atoms with Gasteiger partial charge in [0.05, 0.1) is 17.7 Å². The molecule has 5 heteroatoms. The number of carbonyl (C=O) groups excluding carboxylic acids is 1. The van der Waals surface area contributed by atoms with E-state index >= 15 is 0 Å². The zero-order valence-electron chi connectivity index (χ0n) is 20.3. The van der Waals surface area contributed by atoms with Gasteiger partial charge in [-0.25, -0.2) is 0 Å². The number of fused-ring (bicyclic) bond motifs is 5. The van der Waals surface area contributed by atoms with Gasteiger partial charge in [-0.3, -0.25) is 9.78 Å². The molecule has 0 atom stereocenters. The molecular weight excluding hydrogens is 446 g/mol. The van der Waals surface area contributed by atoms with E-state index in [0.717, 1.165) is 57.9 Å². The highest BCUT2D eigenvalue weighted by Gasteiger charge is 2.26. The van der Waals surface area contributed by atoms with Gasteiger partial charge in [-0.1, -0.05) is 54.1 Å². The molecule has 178 valence electrons. The van der Waals surface area contributed by atoms with E-state index in [9.17, 15) is 4.79 Å². The highest BCUT2D eigenvalue weighted by atomic mass is 16.5. The van der Waals surface area contributed by atoms with E-state index in [4.69, 9.17) is 10.00 Å². The molecule has 2 aliphatic carbocycles. The van der Waals surface area contributed by atoms with Gasteiger partial charge in [-0.2, -0.15) is 5.26 Å². The molecule has 0 spiro atoms. The Morgan fingerprint density at radius 1 is 1.08 bits per heavy atom. The molecule has 0 fully saturated rings. The molecule has 0 saturated heterocycles. The fourth-order valence-electron chi connectivity index (χ4n) is 4.85. The highest BCUT2D eigenvalue weighted by molar-refractivity contribution is 6.16. The van der Waals surface area contributed by atoms with Crippen molar-refractivity contribution in [2.24, 2.45) is 0 Å². The summed E-state index contributed by atoms with van der Waals surface area (Å²) in [5, 5.41) is 15.1. The molecule has 0 bridgehead atoms. The minimum atomic E-state index is 0.254. The number of nitriles is 1. The summed E-state index contributed by atoms with van der Waals surface area (Å²) in [6, 6.07) is 22.1. The number of allylic oxidation sites excluding steroid dienone is 4. The van der Waals surface area contributed by atoms with Crippen LogP contribution in [0.15, 0.2) is 84.6 Å². The number of methoxy groups -OCH3 is 1. The fourth-order valence-corrected chi connectivity index (χ4v) is 4.85. The zero-order chi connectivity index (χ0) is 24.9. The van der Waals surface area contributed by atoms with E-state index in [1.807, 2.05) is 36.4 Å². The van der Waals surface area contributed by atoms with Crippen LogP contribution in [0.2, 0.25) is 0 Å². The summed E-state index contributed by atoms with van der Waals surface area (Å²) in [7, 11) is 1.70. The Balaban J connectivity index is 0.000000186. The molecule has 1 heterocycles. The number of Topliss-reactive ketones (excluding diaryl/α,β-unsaturated/α-hetero) is 1. The maximum Gasteiger partial charge on any atom is 0.168 e. The molecule has 4 aromatic rings. The monoisotopic (exact) mass is 473 g/mol. The van der Waals surface area contributed by atoms with Crippen LogP contribution in [0.5, 0.6) is 0 Å². The number of anilines is 1. The molecule has 0 unspecified atom stereocenters. The molecule has 1 aromatic heterocycles. The van der Waals surface area contributed by atoms with Crippen LogP contribution in [0.1, 0.15) is 40.7 Å². The topological polar surface area (TPSA) is 75.0 Å². The maximum atomic E-state index is 12.8. The van der Waals surface area contributed by atoms with Crippen molar-refractivity contribution < 1.29 is 9.53 Å². The number of ketones is 1. The number of ether oxygens (including phenoxy) is 1. The number of nitrogens with zero attached hydrogens (tertiary/aromatic N) is 2. The molecule has 0 saturated carbocycles. The predicted molar refractivity (Wildman–Crippen MR) is 145 cm³/mol. The molecule has 3 aromatic carbocycles. The van der Waals surface area contributed by atoms with Crippen molar-refractivity contribution in [3.63, 3.8) is 0 Å². The van der Waals surface area contributed by atoms with Gasteiger partial charge in [-0.15, -0.1) is 0 Å². The number of carbonyl (C=O) groups is 1. The quantitative estimate of drug-likeness (QED) is 0.334. The van der Waals surface area contributed by atoms with Crippen LogP contribution in [0.3, 0.4) is 0 Å². The molecule has 5 nitrogen and oxygen atoms in total. The van der Waals surface area contributed by atoms with Crippen molar-refractivity contribution in [1.29, 1.82) is 5.26 Å². The van der Waals surface area contributed by atoms with E-state index in [1.165, 1.54) is 11.1 Å². The van der Waals surface area contributed by atoms with Crippen LogP contribution >= 0.6 is 0 Å². The zero-order valence-corrected chi connectivity index (χ0v) is 20.3. The van der Waals surface area contributed by atoms with Crippen LogP contribution in [0, 0.1) is 11.3 Å². The summed E-state index contributed by atoms with van der Waals surface area (Å²) in [5.41, 5.74) is 7.14. The Morgan fingerprint density at radius 2 is 1.97 bits per heavy atom. The molecule has 0 radical (unpaired) electrons. The molecule has 0 aliphatic heterocycles. The number of aromatic nitrogens is 1. The second-order valence-electron chi connectivity index (χ2n) is 8.93. The van der Waals surface area contributed by atoms with Crippen LogP contribution in [-0.4, -0.2) is 31.0 Å². The van der Waals surface area contributed by atoms with Crippen molar-refractivity contribution in [2.75, 3.05) is 25.6 Å². The largest absolute Gasteiger partial charge is 0.383 e. The summed E-state index contributed by atoms with van der Waals surface area (Å²) in [6.45, 7) is 1.44. The Kier molecular flexibility index (Phi) is 6.88. The lowest BCUT2D eigenvalue weighted by molar-refractivity contribution is 0.0992. The first-order valence-corrected chi connectivity index (χ1v) is 12.1. The van der Waals surface area contributed by atoms with Crippen molar-refractivity contribution in [1.82, 2.24) is 4.98 Å². The Bertz CT molecular complexity index is 1560. The van der Waals surface area contributed by atoms with Gasteiger partial charge in [0, 0.05) is 42.9 Å². The number of benzene rings is 3. The second-order valence-corrected chi connectivity index (χ2v) is 8.93. The van der Waals surface area contributed by atoms with E-state index in [1.54, 1.807) is 13.3 Å². The number of pyridine rings is 1. The smallest absolute Gasteiger partial charge is 0.168 e. The van der Waals surface area contributed by atoms with Gasteiger partial charge in [0.15, 0.2) is 5.78 Å². The summed E-state index contributed by atoms with van der Waals surface area (Å²) >= 11 is 0. The van der Waals surface area contributed by atoms with E-state index < -0.39 is 0 Å². The van der Waals surface area contributed by atoms with Gasteiger partial charge in [0.1, 0.15) is 6.07 Å². The van der Waals surface area contributed by atoms with Crippen LogP contribution in [-0.2, 0) is 4.74 Å². The Morgan fingerprint density at radius 3 is 2.83 bits per heavy atom. The lowest BCUT2D eigenvalue weighted by atomic mass is 9.79. The SMILES string of the molecule is COCCNc1ccc2c3c(ccc2c1)C1=C(CCC=C1)CC3=O.N#Cc1cnc2ccccc2c1.